The number of aliphatic imine (C=N–C) groups is 1. The van der Waals surface area contributed by atoms with Gasteiger partial charge in [0.1, 0.15) is 0 Å². The summed E-state index contributed by atoms with van der Waals surface area (Å²) in [6, 6.07) is 12.6. The van der Waals surface area contributed by atoms with E-state index < -0.39 is 0 Å². The Morgan fingerprint density at radius 1 is 1.22 bits per heavy atom. The lowest BCUT2D eigenvalue weighted by Gasteiger charge is -2.22. The molecule has 124 valence electrons. The molecule has 0 spiro atoms. The van der Waals surface area contributed by atoms with Crippen LogP contribution < -0.4 is 5.32 Å². The Kier molecular flexibility index (Phi) is 7.10. The minimum atomic E-state index is 0.630. The van der Waals surface area contributed by atoms with Crippen LogP contribution in [0.4, 0.5) is 0 Å². The zero-order chi connectivity index (χ0) is 16.5. The summed E-state index contributed by atoms with van der Waals surface area (Å²) in [5.74, 6) is 0.911. The lowest BCUT2D eigenvalue weighted by molar-refractivity contribution is 0.184. The average Bonchev–Trinajstić information content (AvgIpc) is 3.08. The van der Waals surface area contributed by atoms with Gasteiger partial charge in [0.15, 0.2) is 5.96 Å². The SMILES string of the molecule is CN=C(NCc1ccccc1COC)N(C)CCc1cccs1. The first-order valence-electron chi connectivity index (χ1n) is 7.74. The van der Waals surface area contributed by atoms with Crippen LogP contribution in [-0.4, -0.2) is 38.6 Å². The Morgan fingerprint density at radius 2 is 2.00 bits per heavy atom. The molecule has 23 heavy (non-hydrogen) atoms. The number of nitrogens with zero attached hydrogens (tertiary/aromatic N) is 2. The first kappa shape index (κ1) is 17.5. The van der Waals surface area contributed by atoms with Crippen molar-refractivity contribution >= 4 is 17.3 Å². The Balaban J connectivity index is 1.89. The van der Waals surface area contributed by atoms with E-state index in [1.165, 1.54) is 16.0 Å². The monoisotopic (exact) mass is 331 g/mol. The molecule has 0 radical (unpaired) electrons. The Hall–Kier alpha value is -1.85. The highest BCUT2D eigenvalue weighted by atomic mass is 32.1. The highest BCUT2D eigenvalue weighted by Gasteiger charge is 2.08. The molecule has 2 rings (SSSR count). The van der Waals surface area contributed by atoms with E-state index in [9.17, 15) is 0 Å². The van der Waals surface area contributed by atoms with Crippen molar-refractivity contribution in [2.45, 2.75) is 19.6 Å². The van der Waals surface area contributed by atoms with Crippen molar-refractivity contribution in [1.29, 1.82) is 0 Å². The second kappa shape index (κ2) is 9.33. The molecular formula is C18H25N3OS. The minimum absolute atomic E-state index is 0.630. The first-order valence-corrected chi connectivity index (χ1v) is 8.62. The van der Waals surface area contributed by atoms with Crippen LogP contribution in [0.1, 0.15) is 16.0 Å². The molecule has 1 N–H and O–H groups in total. The van der Waals surface area contributed by atoms with Crippen molar-refractivity contribution in [2.24, 2.45) is 4.99 Å². The second-order valence-corrected chi connectivity index (χ2v) is 6.39. The number of benzene rings is 1. The Bertz CT molecular complexity index is 610. The van der Waals surface area contributed by atoms with Crippen LogP contribution in [0, 0.1) is 0 Å². The lowest BCUT2D eigenvalue weighted by atomic mass is 10.1. The summed E-state index contributed by atoms with van der Waals surface area (Å²) in [6.45, 7) is 2.32. The number of likely N-dealkylation sites (N-methyl/N-ethyl adjacent to an activating group) is 1. The third kappa shape index (κ3) is 5.37. The summed E-state index contributed by atoms with van der Waals surface area (Å²) in [7, 11) is 5.62. The molecule has 0 aliphatic heterocycles. The molecular weight excluding hydrogens is 306 g/mol. The highest BCUT2D eigenvalue weighted by molar-refractivity contribution is 7.09. The molecule has 0 unspecified atom stereocenters. The predicted molar refractivity (Wildman–Crippen MR) is 98.0 cm³/mol. The molecule has 0 saturated heterocycles. The van der Waals surface area contributed by atoms with E-state index in [1.807, 2.05) is 13.1 Å². The lowest BCUT2D eigenvalue weighted by Crippen LogP contribution is -2.39. The number of guanidine groups is 1. The van der Waals surface area contributed by atoms with Gasteiger partial charge in [0.2, 0.25) is 0 Å². The van der Waals surface area contributed by atoms with Crippen molar-refractivity contribution in [3.63, 3.8) is 0 Å². The summed E-state index contributed by atoms with van der Waals surface area (Å²) in [5, 5.41) is 5.56. The maximum absolute atomic E-state index is 5.26. The van der Waals surface area contributed by atoms with Crippen LogP contribution >= 0.6 is 11.3 Å². The Labute approximate surface area is 142 Å². The van der Waals surface area contributed by atoms with Crippen molar-refractivity contribution in [3.05, 3.63) is 57.8 Å². The van der Waals surface area contributed by atoms with Gasteiger partial charge in [-0.3, -0.25) is 4.99 Å². The van der Waals surface area contributed by atoms with Gasteiger partial charge in [-0.2, -0.15) is 0 Å². The fourth-order valence-corrected chi connectivity index (χ4v) is 3.12. The summed E-state index contributed by atoms with van der Waals surface area (Å²) in [4.78, 5) is 7.95. The van der Waals surface area contributed by atoms with Crippen LogP contribution in [0.3, 0.4) is 0 Å². The zero-order valence-corrected chi connectivity index (χ0v) is 14.9. The van der Waals surface area contributed by atoms with E-state index in [-0.39, 0.29) is 0 Å². The molecule has 1 aromatic carbocycles. The quantitative estimate of drug-likeness (QED) is 0.625. The average molecular weight is 331 g/mol. The van der Waals surface area contributed by atoms with Gasteiger partial charge in [-0.1, -0.05) is 30.3 Å². The number of thiophene rings is 1. The van der Waals surface area contributed by atoms with Gasteiger partial charge in [0.25, 0.3) is 0 Å². The summed E-state index contributed by atoms with van der Waals surface area (Å²) >= 11 is 1.80. The second-order valence-electron chi connectivity index (χ2n) is 5.35. The summed E-state index contributed by atoms with van der Waals surface area (Å²) in [5.41, 5.74) is 2.45. The van der Waals surface area contributed by atoms with Crippen molar-refractivity contribution in [2.75, 3.05) is 27.7 Å². The molecule has 5 heteroatoms. The third-order valence-corrected chi connectivity index (χ3v) is 4.64. The largest absolute Gasteiger partial charge is 0.380 e. The van der Waals surface area contributed by atoms with Crippen molar-refractivity contribution in [3.8, 4) is 0 Å². The number of hydrogen-bond donors (Lipinski definition) is 1. The van der Waals surface area contributed by atoms with Gasteiger partial charge >= 0.3 is 0 Å². The molecule has 0 aliphatic rings. The molecule has 1 heterocycles. The minimum Gasteiger partial charge on any atom is -0.380 e. The van der Waals surface area contributed by atoms with Crippen molar-refractivity contribution < 1.29 is 4.74 Å². The standard InChI is InChI=1S/C18H25N3OS/c1-19-18(21(2)11-10-17-9-6-12-23-17)20-13-15-7-4-5-8-16(15)14-22-3/h4-9,12H,10-11,13-14H2,1-3H3,(H,19,20). The van der Waals surface area contributed by atoms with Crippen LogP contribution in [0.5, 0.6) is 0 Å². The number of methoxy groups -OCH3 is 1. The van der Waals surface area contributed by atoms with Gasteiger partial charge < -0.3 is 15.0 Å². The van der Waals surface area contributed by atoms with E-state index in [0.717, 1.165) is 25.5 Å². The molecule has 0 atom stereocenters. The first-order chi connectivity index (χ1) is 11.2. The van der Waals surface area contributed by atoms with E-state index in [4.69, 9.17) is 4.74 Å². The molecule has 0 aliphatic carbocycles. The molecule has 0 amide bonds. The van der Waals surface area contributed by atoms with E-state index in [0.29, 0.717) is 6.61 Å². The van der Waals surface area contributed by atoms with Crippen molar-refractivity contribution in [1.82, 2.24) is 10.2 Å². The van der Waals surface area contributed by atoms with Crippen LogP contribution in [-0.2, 0) is 24.3 Å². The molecule has 2 aromatic rings. The molecule has 1 aromatic heterocycles. The smallest absolute Gasteiger partial charge is 0.193 e. The Morgan fingerprint density at radius 3 is 2.65 bits per heavy atom. The fraction of sp³-hybridized carbons (Fsp3) is 0.389. The molecule has 0 bridgehead atoms. The highest BCUT2D eigenvalue weighted by Crippen LogP contribution is 2.11. The summed E-state index contributed by atoms with van der Waals surface area (Å²) in [6.07, 6.45) is 1.04. The number of rotatable bonds is 7. The van der Waals surface area contributed by atoms with Gasteiger partial charge in [-0.15, -0.1) is 11.3 Å². The third-order valence-electron chi connectivity index (χ3n) is 3.70. The van der Waals surface area contributed by atoms with E-state index in [1.54, 1.807) is 18.4 Å². The maximum atomic E-state index is 5.26. The summed E-state index contributed by atoms with van der Waals surface area (Å²) < 4.78 is 5.26. The topological polar surface area (TPSA) is 36.9 Å². The van der Waals surface area contributed by atoms with Gasteiger partial charge in [-0.25, -0.2) is 0 Å². The normalized spacial score (nSPS) is 11.5. The van der Waals surface area contributed by atoms with Crippen LogP contribution in [0.25, 0.3) is 0 Å². The number of ether oxygens (including phenoxy) is 1. The van der Waals surface area contributed by atoms with Gasteiger partial charge in [0.05, 0.1) is 6.61 Å². The van der Waals surface area contributed by atoms with E-state index >= 15 is 0 Å². The maximum Gasteiger partial charge on any atom is 0.193 e. The predicted octanol–water partition coefficient (Wildman–Crippen LogP) is 3.14. The zero-order valence-electron chi connectivity index (χ0n) is 14.1. The van der Waals surface area contributed by atoms with Gasteiger partial charge in [0, 0.05) is 39.2 Å². The van der Waals surface area contributed by atoms with Crippen LogP contribution in [0.15, 0.2) is 46.8 Å². The number of nitrogens with one attached hydrogen (secondary N) is 1. The molecule has 0 fully saturated rings. The molecule has 4 nitrogen and oxygen atoms in total. The van der Waals surface area contributed by atoms with E-state index in [2.05, 4.69) is 58.0 Å². The van der Waals surface area contributed by atoms with Gasteiger partial charge in [-0.05, 0) is 29.0 Å². The fourth-order valence-electron chi connectivity index (χ4n) is 2.42. The number of hydrogen-bond acceptors (Lipinski definition) is 3. The molecule has 0 saturated carbocycles. The van der Waals surface area contributed by atoms with Crippen LogP contribution in [0.2, 0.25) is 0 Å².